The minimum atomic E-state index is 0.658. The quantitative estimate of drug-likeness (QED) is 0.645. The van der Waals surface area contributed by atoms with E-state index in [1.54, 1.807) is 6.20 Å². The minimum absolute atomic E-state index is 0.658. The first kappa shape index (κ1) is 15.2. The summed E-state index contributed by atoms with van der Waals surface area (Å²) in [7, 11) is 0. The van der Waals surface area contributed by atoms with E-state index in [-0.39, 0.29) is 0 Å². The first-order chi connectivity index (χ1) is 9.75. The molecule has 110 valence electrons. The third-order valence-electron chi connectivity index (χ3n) is 3.63. The molecular weight excluding hydrogens is 268 g/mol. The van der Waals surface area contributed by atoms with Crippen LogP contribution in [-0.4, -0.2) is 41.2 Å². The van der Waals surface area contributed by atoms with Gasteiger partial charge in [-0.2, -0.15) is 0 Å². The van der Waals surface area contributed by atoms with Gasteiger partial charge < -0.3 is 15.5 Å². The number of aryl methyl sites for hydroxylation is 1. The van der Waals surface area contributed by atoms with E-state index in [2.05, 4.69) is 20.5 Å². The lowest BCUT2D eigenvalue weighted by Crippen LogP contribution is -2.34. The van der Waals surface area contributed by atoms with E-state index in [0.29, 0.717) is 5.11 Å². The number of aromatic nitrogens is 1. The molecule has 20 heavy (non-hydrogen) atoms. The third-order valence-corrected chi connectivity index (χ3v) is 3.87. The first-order valence-corrected chi connectivity index (χ1v) is 7.85. The Morgan fingerprint density at radius 2 is 2.15 bits per heavy atom. The summed E-state index contributed by atoms with van der Waals surface area (Å²) >= 11 is 5.29. The van der Waals surface area contributed by atoms with Gasteiger partial charge in [-0.15, -0.1) is 0 Å². The van der Waals surface area contributed by atoms with Crippen LogP contribution < -0.4 is 10.6 Å². The molecule has 0 amide bonds. The molecule has 0 spiro atoms. The highest BCUT2D eigenvalue weighted by atomic mass is 32.1. The largest absolute Gasteiger partial charge is 0.362 e. The zero-order valence-corrected chi connectivity index (χ0v) is 13.0. The fourth-order valence-corrected chi connectivity index (χ4v) is 2.65. The van der Waals surface area contributed by atoms with Crippen molar-refractivity contribution in [3.63, 3.8) is 0 Å². The van der Waals surface area contributed by atoms with E-state index in [9.17, 15) is 0 Å². The number of hydrogen-bond donors (Lipinski definition) is 2. The van der Waals surface area contributed by atoms with E-state index in [4.69, 9.17) is 12.2 Å². The second-order valence-corrected chi connectivity index (χ2v) is 5.71. The number of hydrogen-bond acceptors (Lipinski definition) is 3. The number of likely N-dealkylation sites (tertiary alicyclic amines) is 1. The minimum Gasteiger partial charge on any atom is -0.362 e. The number of thiocarbonyl (C=S) groups is 1. The molecule has 0 aliphatic carbocycles. The van der Waals surface area contributed by atoms with Crippen molar-refractivity contribution >= 4 is 23.1 Å². The molecule has 4 nitrogen and oxygen atoms in total. The zero-order chi connectivity index (χ0) is 14.2. The van der Waals surface area contributed by atoms with Gasteiger partial charge in [0.2, 0.25) is 0 Å². The Hall–Kier alpha value is -1.20. The van der Waals surface area contributed by atoms with E-state index < -0.39 is 0 Å². The predicted molar refractivity (Wildman–Crippen MR) is 88.1 cm³/mol. The van der Waals surface area contributed by atoms with Crippen LogP contribution in [0.25, 0.3) is 0 Å². The molecule has 2 heterocycles. The van der Waals surface area contributed by atoms with E-state index in [1.165, 1.54) is 32.4 Å². The van der Waals surface area contributed by atoms with Crippen molar-refractivity contribution in [2.75, 3.05) is 31.5 Å². The van der Waals surface area contributed by atoms with Gasteiger partial charge in [-0.3, -0.25) is 0 Å². The van der Waals surface area contributed by atoms with Crippen LogP contribution in [0.15, 0.2) is 18.3 Å². The molecule has 1 aromatic rings. The number of nitrogens with one attached hydrogen (secondary N) is 2. The van der Waals surface area contributed by atoms with Crippen LogP contribution in [0.4, 0.5) is 5.82 Å². The van der Waals surface area contributed by atoms with Crippen molar-refractivity contribution in [2.45, 2.75) is 32.6 Å². The Labute approximate surface area is 127 Å². The van der Waals surface area contributed by atoms with Crippen molar-refractivity contribution in [1.29, 1.82) is 0 Å². The highest BCUT2D eigenvalue weighted by Crippen LogP contribution is 2.09. The molecule has 1 aliphatic heterocycles. The lowest BCUT2D eigenvalue weighted by atomic mass is 10.1. The van der Waals surface area contributed by atoms with Crippen LogP contribution >= 0.6 is 12.2 Å². The van der Waals surface area contributed by atoms with Gasteiger partial charge in [0.15, 0.2) is 5.11 Å². The van der Waals surface area contributed by atoms with Crippen molar-refractivity contribution in [3.05, 3.63) is 23.9 Å². The van der Waals surface area contributed by atoms with Crippen LogP contribution in [-0.2, 0) is 0 Å². The zero-order valence-electron chi connectivity index (χ0n) is 12.2. The lowest BCUT2D eigenvalue weighted by Gasteiger charge is -2.26. The molecule has 2 rings (SSSR count). The summed E-state index contributed by atoms with van der Waals surface area (Å²) in [5.74, 6) is 0.834. The molecule has 0 atom stereocenters. The van der Waals surface area contributed by atoms with Gasteiger partial charge in [0.25, 0.3) is 0 Å². The maximum atomic E-state index is 5.29. The Balaban J connectivity index is 1.61. The van der Waals surface area contributed by atoms with Crippen molar-refractivity contribution in [2.24, 2.45) is 0 Å². The number of nitrogens with zero attached hydrogens (tertiary/aromatic N) is 2. The van der Waals surface area contributed by atoms with Crippen molar-refractivity contribution in [1.82, 2.24) is 15.2 Å². The molecule has 0 saturated carbocycles. The Bertz CT molecular complexity index is 430. The van der Waals surface area contributed by atoms with Gasteiger partial charge in [0, 0.05) is 12.7 Å². The van der Waals surface area contributed by atoms with Crippen LogP contribution in [0.3, 0.4) is 0 Å². The van der Waals surface area contributed by atoms with Gasteiger partial charge in [0.05, 0.1) is 0 Å². The SMILES string of the molecule is Cc1cccnc1NC(=S)NCCCN1CCCCC1. The average molecular weight is 292 g/mol. The van der Waals surface area contributed by atoms with Crippen LogP contribution in [0.1, 0.15) is 31.2 Å². The summed E-state index contributed by atoms with van der Waals surface area (Å²) < 4.78 is 0. The summed E-state index contributed by atoms with van der Waals surface area (Å²) in [6, 6.07) is 3.95. The normalized spacial score (nSPS) is 15.8. The van der Waals surface area contributed by atoms with Gasteiger partial charge in [0.1, 0.15) is 5.82 Å². The Morgan fingerprint density at radius 1 is 1.35 bits per heavy atom. The van der Waals surface area contributed by atoms with Crippen molar-refractivity contribution < 1.29 is 0 Å². The highest BCUT2D eigenvalue weighted by molar-refractivity contribution is 7.80. The van der Waals surface area contributed by atoms with E-state index >= 15 is 0 Å². The number of piperidine rings is 1. The van der Waals surface area contributed by atoms with Gasteiger partial charge in [-0.1, -0.05) is 12.5 Å². The molecule has 0 aromatic carbocycles. The number of rotatable bonds is 5. The maximum absolute atomic E-state index is 5.29. The van der Waals surface area contributed by atoms with Crippen LogP contribution in [0, 0.1) is 6.92 Å². The predicted octanol–water partition coefficient (Wildman–Crippen LogP) is 2.55. The molecule has 1 fully saturated rings. The topological polar surface area (TPSA) is 40.2 Å². The summed E-state index contributed by atoms with van der Waals surface area (Å²) in [5.41, 5.74) is 1.10. The summed E-state index contributed by atoms with van der Waals surface area (Å²) in [4.78, 5) is 6.82. The second kappa shape index (κ2) is 8.17. The molecule has 1 aromatic heterocycles. The highest BCUT2D eigenvalue weighted by Gasteiger charge is 2.09. The molecule has 0 radical (unpaired) electrons. The fraction of sp³-hybridized carbons (Fsp3) is 0.600. The molecule has 5 heteroatoms. The van der Waals surface area contributed by atoms with Crippen LogP contribution in [0.5, 0.6) is 0 Å². The second-order valence-electron chi connectivity index (χ2n) is 5.31. The Morgan fingerprint density at radius 3 is 2.90 bits per heavy atom. The fourth-order valence-electron chi connectivity index (χ4n) is 2.46. The number of anilines is 1. The smallest absolute Gasteiger partial charge is 0.171 e. The van der Waals surface area contributed by atoms with Gasteiger partial charge in [-0.25, -0.2) is 4.98 Å². The molecule has 1 saturated heterocycles. The van der Waals surface area contributed by atoms with Crippen LogP contribution in [0.2, 0.25) is 0 Å². The standard InChI is InChI=1S/C15H24N4S/c1-13-7-5-8-16-14(13)18-15(20)17-9-6-12-19-10-3-2-4-11-19/h5,7-8H,2-4,6,9-12H2,1H3,(H2,16,17,18,20). The average Bonchev–Trinajstić information content (AvgIpc) is 2.47. The first-order valence-electron chi connectivity index (χ1n) is 7.44. The van der Waals surface area contributed by atoms with E-state index in [1.807, 2.05) is 19.1 Å². The lowest BCUT2D eigenvalue weighted by molar-refractivity contribution is 0.227. The molecule has 0 bridgehead atoms. The van der Waals surface area contributed by atoms with E-state index in [0.717, 1.165) is 30.9 Å². The third kappa shape index (κ3) is 5.06. The molecular formula is C15H24N4S. The summed E-state index contributed by atoms with van der Waals surface area (Å²) in [6.45, 7) is 6.62. The molecule has 0 unspecified atom stereocenters. The molecule has 2 N–H and O–H groups in total. The Kier molecular flexibility index (Phi) is 6.21. The van der Waals surface area contributed by atoms with Crippen molar-refractivity contribution in [3.8, 4) is 0 Å². The van der Waals surface area contributed by atoms with Gasteiger partial charge in [-0.05, 0) is 69.7 Å². The molecule has 1 aliphatic rings. The van der Waals surface area contributed by atoms with Gasteiger partial charge >= 0.3 is 0 Å². The summed E-state index contributed by atoms with van der Waals surface area (Å²) in [6.07, 6.45) is 7.00. The monoisotopic (exact) mass is 292 g/mol. The maximum Gasteiger partial charge on any atom is 0.171 e. The number of pyridine rings is 1. The summed E-state index contributed by atoms with van der Waals surface area (Å²) in [5, 5.41) is 7.05.